The summed E-state index contributed by atoms with van der Waals surface area (Å²) in [6.45, 7) is 3.29. The number of H-pyrrole nitrogens is 1. The lowest BCUT2D eigenvalue weighted by atomic mass is 10.1. The lowest BCUT2D eigenvalue weighted by Crippen LogP contribution is -2.58. The fourth-order valence-electron chi connectivity index (χ4n) is 1.92. The molecule has 0 bridgehead atoms. The molecule has 17 heavy (non-hydrogen) atoms. The van der Waals surface area contributed by atoms with Gasteiger partial charge in [0.1, 0.15) is 6.04 Å². The maximum atomic E-state index is 12.2. The van der Waals surface area contributed by atoms with E-state index in [4.69, 9.17) is 5.73 Å². The van der Waals surface area contributed by atoms with E-state index in [1.54, 1.807) is 6.92 Å². The van der Waals surface area contributed by atoms with E-state index in [0.29, 0.717) is 30.9 Å². The number of carbonyl (C=O) groups excluding carboxylic acids is 2. The Morgan fingerprint density at radius 1 is 1.59 bits per heavy atom. The molecule has 1 unspecified atom stereocenters. The van der Waals surface area contributed by atoms with E-state index in [9.17, 15) is 9.59 Å². The van der Waals surface area contributed by atoms with Crippen LogP contribution in [0.5, 0.6) is 0 Å². The normalized spacial score (nSPS) is 20.3. The number of amides is 2. The van der Waals surface area contributed by atoms with Crippen molar-refractivity contribution < 1.29 is 9.59 Å². The van der Waals surface area contributed by atoms with Crippen molar-refractivity contribution in [1.82, 2.24) is 20.4 Å². The summed E-state index contributed by atoms with van der Waals surface area (Å²) < 4.78 is 0. The third kappa shape index (κ3) is 2.14. The van der Waals surface area contributed by atoms with Crippen LogP contribution < -0.4 is 11.1 Å². The Balaban J connectivity index is 2.23. The molecule has 1 aromatic rings. The highest BCUT2D eigenvalue weighted by Crippen LogP contribution is 2.12. The molecule has 0 aliphatic carbocycles. The van der Waals surface area contributed by atoms with Gasteiger partial charge in [0.05, 0.1) is 11.8 Å². The molecule has 1 aromatic heterocycles. The first-order valence-corrected chi connectivity index (χ1v) is 5.42. The Kier molecular flexibility index (Phi) is 3.10. The summed E-state index contributed by atoms with van der Waals surface area (Å²) in [5.41, 5.74) is 6.47. The number of carbonyl (C=O) groups is 2. The van der Waals surface area contributed by atoms with Crippen LogP contribution in [0.1, 0.15) is 16.1 Å². The predicted octanol–water partition coefficient (Wildman–Crippen LogP) is -1.38. The summed E-state index contributed by atoms with van der Waals surface area (Å²) in [6, 6.07) is -0.592. The van der Waals surface area contributed by atoms with Crippen LogP contribution >= 0.6 is 0 Å². The molecule has 0 saturated carbocycles. The van der Waals surface area contributed by atoms with Crippen LogP contribution in [0.3, 0.4) is 0 Å². The molecule has 7 nitrogen and oxygen atoms in total. The van der Waals surface area contributed by atoms with Gasteiger partial charge in [-0.25, -0.2) is 0 Å². The van der Waals surface area contributed by atoms with Crippen LogP contribution in [0, 0.1) is 6.92 Å². The number of primary amides is 1. The quantitative estimate of drug-likeness (QED) is 0.589. The van der Waals surface area contributed by atoms with Crippen molar-refractivity contribution in [1.29, 1.82) is 0 Å². The minimum absolute atomic E-state index is 0.207. The van der Waals surface area contributed by atoms with Crippen molar-refractivity contribution in [3.05, 3.63) is 17.5 Å². The van der Waals surface area contributed by atoms with Crippen molar-refractivity contribution in [2.75, 3.05) is 19.6 Å². The maximum absolute atomic E-state index is 12.2. The summed E-state index contributed by atoms with van der Waals surface area (Å²) in [5, 5.41) is 9.55. The summed E-state index contributed by atoms with van der Waals surface area (Å²) in [5.74, 6) is -0.701. The number of hydrogen-bond donors (Lipinski definition) is 3. The molecule has 1 aliphatic rings. The third-order valence-corrected chi connectivity index (χ3v) is 2.89. The largest absolute Gasteiger partial charge is 0.368 e. The Morgan fingerprint density at radius 3 is 2.94 bits per heavy atom. The van der Waals surface area contributed by atoms with Gasteiger partial charge in [-0.15, -0.1) is 0 Å². The molecule has 0 spiro atoms. The Bertz CT molecular complexity index is 442. The summed E-state index contributed by atoms with van der Waals surface area (Å²) in [6.07, 6.45) is 1.47. The molecule has 1 fully saturated rings. The average molecular weight is 237 g/mol. The minimum Gasteiger partial charge on any atom is -0.368 e. The number of nitrogens with one attached hydrogen (secondary N) is 2. The molecular weight excluding hydrogens is 222 g/mol. The molecule has 2 rings (SSSR count). The van der Waals surface area contributed by atoms with E-state index in [-0.39, 0.29) is 5.91 Å². The fraction of sp³-hybridized carbons (Fsp3) is 0.500. The van der Waals surface area contributed by atoms with Gasteiger partial charge >= 0.3 is 0 Å². The zero-order valence-corrected chi connectivity index (χ0v) is 9.56. The first-order valence-electron chi connectivity index (χ1n) is 5.42. The predicted molar refractivity (Wildman–Crippen MR) is 60.2 cm³/mol. The number of hydrogen-bond acceptors (Lipinski definition) is 4. The second-order valence-electron chi connectivity index (χ2n) is 4.03. The number of aromatic nitrogens is 2. The van der Waals surface area contributed by atoms with Crippen molar-refractivity contribution in [2.24, 2.45) is 5.73 Å². The Hall–Kier alpha value is -1.89. The zero-order valence-electron chi connectivity index (χ0n) is 9.56. The van der Waals surface area contributed by atoms with Crippen LogP contribution in [0.25, 0.3) is 0 Å². The second-order valence-corrected chi connectivity index (χ2v) is 4.03. The van der Waals surface area contributed by atoms with E-state index in [1.807, 2.05) is 0 Å². The van der Waals surface area contributed by atoms with E-state index < -0.39 is 11.9 Å². The van der Waals surface area contributed by atoms with Crippen molar-refractivity contribution in [3.63, 3.8) is 0 Å². The third-order valence-electron chi connectivity index (χ3n) is 2.89. The van der Waals surface area contributed by atoms with Gasteiger partial charge in [-0.1, -0.05) is 0 Å². The van der Waals surface area contributed by atoms with E-state index in [2.05, 4.69) is 15.5 Å². The lowest BCUT2D eigenvalue weighted by Gasteiger charge is -2.34. The first kappa shape index (κ1) is 11.6. The van der Waals surface area contributed by atoms with Crippen LogP contribution in [-0.4, -0.2) is 52.6 Å². The average Bonchev–Trinajstić information content (AvgIpc) is 2.74. The number of nitrogens with zero attached hydrogens (tertiary/aromatic N) is 2. The van der Waals surface area contributed by atoms with Gasteiger partial charge in [0.25, 0.3) is 5.91 Å². The summed E-state index contributed by atoms with van der Waals surface area (Å²) in [4.78, 5) is 25.0. The fourth-order valence-corrected chi connectivity index (χ4v) is 1.92. The van der Waals surface area contributed by atoms with Gasteiger partial charge < -0.3 is 16.0 Å². The first-order chi connectivity index (χ1) is 8.11. The second kappa shape index (κ2) is 4.54. The van der Waals surface area contributed by atoms with Crippen molar-refractivity contribution >= 4 is 11.8 Å². The SMILES string of the molecule is Cc1[nH]ncc1C(=O)N1CCNCC1C(N)=O. The molecule has 1 saturated heterocycles. The van der Waals surface area contributed by atoms with Crippen molar-refractivity contribution in [2.45, 2.75) is 13.0 Å². The number of rotatable bonds is 2. The van der Waals surface area contributed by atoms with Crippen LogP contribution in [-0.2, 0) is 4.79 Å². The number of piperazine rings is 1. The van der Waals surface area contributed by atoms with Crippen LogP contribution in [0.2, 0.25) is 0 Å². The monoisotopic (exact) mass is 237 g/mol. The highest BCUT2D eigenvalue weighted by atomic mass is 16.2. The van der Waals surface area contributed by atoms with Gasteiger partial charge in [-0.2, -0.15) is 5.10 Å². The molecule has 0 radical (unpaired) electrons. The smallest absolute Gasteiger partial charge is 0.258 e. The maximum Gasteiger partial charge on any atom is 0.258 e. The highest BCUT2D eigenvalue weighted by molar-refractivity contribution is 5.98. The Labute approximate surface area is 98.4 Å². The lowest BCUT2D eigenvalue weighted by molar-refractivity contribution is -0.122. The van der Waals surface area contributed by atoms with E-state index in [0.717, 1.165) is 0 Å². The Morgan fingerprint density at radius 2 is 2.35 bits per heavy atom. The zero-order chi connectivity index (χ0) is 12.4. The topological polar surface area (TPSA) is 104 Å². The molecule has 7 heteroatoms. The highest BCUT2D eigenvalue weighted by Gasteiger charge is 2.32. The molecule has 1 aliphatic heterocycles. The van der Waals surface area contributed by atoms with Gasteiger partial charge in [0.15, 0.2) is 0 Å². The van der Waals surface area contributed by atoms with Crippen LogP contribution in [0.4, 0.5) is 0 Å². The summed E-state index contributed by atoms with van der Waals surface area (Å²) >= 11 is 0. The van der Waals surface area contributed by atoms with E-state index >= 15 is 0 Å². The molecule has 2 heterocycles. The molecule has 0 aromatic carbocycles. The molecule has 4 N–H and O–H groups in total. The molecule has 92 valence electrons. The number of nitrogens with two attached hydrogens (primary N) is 1. The van der Waals surface area contributed by atoms with Gasteiger partial charge in [0.2, 0.25) is 5.91 Å². The number of aryl methyl sites for hydroxylation is 1. The molecular formula is C10H15N5O2. The minimum atomic E-state index is -0.592. The van der Waals surface area contributed by atoms with Gasteiger partial charge in [-0.3, -0.25) is 14.7 Å². The van der Waals surface area contributed by atoms with Gasteiger partial charge in [0, 0.05) is 25.3 Å². The molecule has 2 amide bonds. The summed E-state index contributed by atoms with van der Waals surface area (Å²) in [7, 11) is 0. The van der Waals surface area contributed by atoms with Gasteiger partial charge in [-0.05, 0) is 6.92 Å². The standard InChI is InChI=1S/C10H15N5O2/c1-6-7(4-13-14-6)10(17)15-3-2-12-5-8(15)9(11)16/h4,8,12H,2-3,5H2,1H3,(H2,11,16)(H,13,14). The number of aromatic amines is 1. The van der Waals surface area contributed by atoms with Crippen molar-refractivity contribution in [3.8, 4) is 0 Å². The van der Waals surface area contributed by atoms with E-state index in [1.165, 1.54) is 11.1 Å². The van der Waals surface area contributed by atoms with Crippen LogP contribution in [0.15, 0.2) is 6.20 Å². The molecule has 1 atom stereocenters.